The van der Waals surface area contributed by atoms with Crippen molar-refractivity contribution in [3.63, 3.8) is 0 Å². The van der Waals surface area contributed by atoms with Gasteiger partial charge in [0.25, 0.3) is 0 Å². The van der Waals surface area contributed by atoms with E-state index in [1.54, 1.807) is 0 Å². The van der Waals surface area contributed by atoms with Crippen molar-refractivity contribution in [2.24, 2.45) is 0 Å². The van der Waals surface area contributed by atoms with E-state index in [-0.39, 0.29) is 0 Å². The molecule has 0 aliphatic carbocycles. The zero-order valence-corrected chi connectivity index (χ0v) is 17.0. The van der Waals surface area contributed by atoms with Gasteiger partial charge in [0, 0.05) is 0 Å². The summed E-state index contributed by atoms with van der Waals surface area (Å²) in [4.78, 5) is 0. The zero-order chi connectivity index (χ0) is 17.9. The van der Waals surface area contributed by atoms with E-state index in [0.29, 0.717) is 0 Å². The fourth-order valence-corrected chi connectivity index (χ4v) is 16.3. The number of nitriles is 1. The lowest BCUT2D eigenvalue weighted by Crippen LogP contribution is -2.76. The molecule has 0 N–H and O–H groups in total. The molecule has 0 fully saturated rings. The number of hydrogen-bond donors (Lipinski definition) is 0. The van der Waals surface area contributed by atoms with Gasteiger partial charge in [-0.25, -0.2) is 0 Å². The molecule has 1 nitrogen and oxygen atoms in total. The van der Waals surface area contributed by atoms with Crippen molar-refractivity contribution in [3.05, 3.63) is 90.5 Å². The van der Waals surface area contributed by atoms with Crippen LogP contribution in [0.1, 0.15) is 5.56 Å². The first kappa shape index (κ1) is 17.4. The van der Waals surface area contributed by atoms with Crippen LogP contribution in [0.4, 0.5) is 0 Å². The minimum absolute atomic E-state index is 0.733. The monoisotopic (exact) mass is 357 g/mol. The molecule has 3 aromatic carbocycles. The molecule has 3 rings (SSSR count). The molecule has 124 valence electrons. The molecule has 0 aliphatic rings. The molecule has 0 aliphatic heterocycles. The molecular weight excluding hydrogens is 334 g/mol. The molecule has 0 atom stereocenters. The van der Waals surface area contributed by atoms with Gasteiger partial charge in [-0.2, -0.15) is 5.26 Å². The van der Waals surface area contributed by atoms with E-state index in [9.17, 15) is 0 Å². The zero-order valence-electron chi connectivity index (χ0n) is 15.0. The minimum Gasteiger partial charge on any atom is -0.192 e. The fraction of sp³-hybridized carbons (Fsp3) is 0.136. The van der Waals surface area contributed by atoms with E-state index in [1.165, 1.54) is 15.6 Å². The second kappa shape index (κ2) is 6.83. The molecule has 0 spiro atoms. The summed E-state index contributed by atoms with van der Waals surface area (Å²) in [5.74, 6) is 0. The largest absolute Gasteiger partial charge is 0.192 e. The van der Waals surface area contributed by atoms with E-state index in [2.05, 4.69) is 98.5 Å². The maximum absolute atomic E-state index is 9.12. The summed E-state index contributed by atoms with van der Waals surface area (Å²) in [5, 5.41) is 13.5. The Morgan fingerprint density at radius 1 is 0.600 bits per heavy atom. The molecule has 0 bridgehead atoms. The average Bonchev–Trinajstić information content (AvgIpc) is 2.68. The SMILES string of the molecule is C[Si](C)(c1ccc(C#N)cc1)[Si](C)(c1ccccc1)c1ccccc1. The van der Waals surface area contributed by atoms with Crippen LogP contribution in [0.3, 0.4) is 0 Å². The summed E-state index contributed by atoms with van der Waals surface area (Å²) in [7, 11) is -3.76. The molecule has 3 heteroatoms. The van der Waals surface area contributed by atoms with Crippen molar-refractivity contribution in [3.8, 4) is 6.07 Å². The molecule has 0 saturated heterocycles. The van der Waals surface area contributed by atoms with Crippen molar-refractivity contribution in [1.29, 1.82) is 5.26 Å². The first-order valence-corrected chi connectivity index (χ1v) is 15.1. The van der Waals surface area contributed by atoms with Crippen LogP contribution < -0.4 is 15.6 Å². The smallest absolute Gasteiger partial charge is 0.112 e. The fourth-order valence-electron chi connectivity index (χ4n) is 3.68. The Bertz CT molecular complexity index is 839. The molecule has 25 heavy (non-hydrogen) atoms. The summed E-state index contributed by atoms with van der Waals surface area (Å²) in [6, 6.07) is 32.6. The molecule has 0 amide bonds. The molecule has 3 aromatic rings. The molecular formula is C22H23NSi2. The van der Waals surface area contributed by atoms with Gasteiger partial charge in [0.2, 0.25) is 0 Å². The van der Waals surface area contributed by atoms with Gasteiger partial charge in [-0.1, -0.05) is 108 Å². The predicted molar refractivity (Wildman–Crippen MR) is 112 cm³/mol. The van der Waals surface area contributed by atoms with E-state index in [0.717, 1.165) is 5.56 Å². The third kappa shape index (κ3) is 2.99. The lowest BCUT2D eigenvalue weighted by molar-refractivity contribution is 1.49. The van der Waals surface area contributed by atoms with Crippen LogP contribution in [-0.2, 0) is 0 Å². The quantitative estimate of drug-likeness (QED) is 0.656. The van der Waals surface area contributed by atoms with E-state index >= 15 is 0 Å². The lowest BCUT2D eigenvalue weighted by atomic mass is 10.2. The standard InChI is InChI=1S/C22H23NSi2/c1-24(2,20-16-14-19(18-23)15-17-20)25(3,21-10-6-4-7-11-21)22-12-8-5-9-13-22/h4-17H,1-3H3. The summed E-state index contributed by atoms with van der Waals surface area (Å²) >= 11 is 0. The second-order valence-electron chi connectivity index (χ2n) is 7.17. The lowest BCUT2D eigenvalue weighted by Gasteiger charge is -2.42. The summed E-state index contributed by atoms with van der Waals surface area (Å²) in [6.07, 6.45) is 0. The Morgan fingerprint density at radius 3 is 1.44 bits per heavy atom. The predicted octanol–water partition coefficient (Wildman–Crippen LogP) is 3.45. The van der Waals surface area contributed by atoms with Gasteiger partial charge in [0.05, 0.1) is 19.2 Å². The second-order valence-corrected chi connectivity index (χ2v) is 21.2. The normalized spacial score (nSPS) is 11.8. The molecule has 0 aromatic heterocycles. The van der Waals surface area contributed by atoms with Crippen molar-refractivity contribution in [2.75, 3.05) is 0 Å². The highest BCUT2D eigenvalue weighted by atomic mass is 29.3. The van der Waals surface area contributed by atoms with Gasteiger partial charge in [-0.15, -0.1) is 0 Å². The Morgan fingerprint density at radius 2 is 1.04 bits per heavy atom. The Balaban J connectivity index is 2.22. The van der Waals surface area contributed by atoms with Gasteiger partial charge in [-0.05, 0) is 12.1 Å². The van der Waals surface area contributed by atoms with Crippen LogP contribution >= 0.6 is 0 Å². The van der Waals surface area contributed by atoms with Crippen molar-refractivity contribution in [2.45, 2.75) is 19.6 Å². The summed E-state index contributed by atoms with van der Waals surface area (Å²) in [5.41, 5.74) is 0.733. The third-order valence-corrected chi connectivity index (χ3v) is 23.0. The Kier molecular flexibility index (Phi) is 4.76. The van der Waals surface area contributed by atoms with E-state index < -0.39 is 15.2 Å². The molecule has 0 radical (unpaired) electrons. The van der Waals surface area contributed by atoms with Crippen LogP contribution in [0.25, 0.3) is 0 Å². The molecule has 0 heterocycles. The van der Waals surface area contributed by atoms with Gasteiger partial charge in [0.1, 0.15) is 7.59 Å². The van der Waals surface area contributed by atoms with Crippen molar-refractivity contribution >= 4 is 30.7 Å². The van der Waals surface area contributed by atoms with Crippen LogP contribution in [0.2, 0.25) is 19.6 Å². The first-order chi connectivity index (χ1) is 12.0. The van der Waals surface area contributed by atoms with Crippen LogP contribution in [0, 0.1) is 11.3 Å². The Hall–Kier alpha value is -2.42. The number of nitrogens with zero attached hydrogens (tertiary/aromatic N) is 1. The van der Waals surface area contributed by atoms with Gasteiger partial charge in [0.15, 0.2) is 0 Å². The highest BCUT2D eigenvalue weighted by Gasteiger charge is 2.48. The highest BCUT2D eigenvalue weighted by Crippen LogP contribution is 2.20. The van der Waals surface area contributed by atoms with Crippen LogP contribution in [0.15, 0.2) is 84.9 Å². The first-order valence-electron chi connectivity index (χ1n) is 8.62. The number of benzene rings is 3. The highest BCUT2D eigenvalue weighted by molar-refractivity contribution is 7.54. The van der Waals surface area contributed by atoms with Gasteiger partial charge in [-0.3, -0.25) is 0 Å². The number of rotatable bonds is 4. The van der Waals surface area contributed by atoms with Gasteiger partial charge < -0.3 is 0 Å². The summed E-state index contributed by atoms with van der Waals surface area (Å²) < 4.78 is 0. The summed E-state index contributed by atoms with van der Waals surface area (Å²) in [6.45, 7) is 7.49. The Labute approximate surface area is 152 Å². The topological polar surface area (TPSA) is 23.8 Å². The average molecular weight is 358 g/mol. The van der Waals surface area contributed by atoms with E-state index in [1.807, 2.05) is 12.1 Å². The van der Waals surface area contributed by atoms with Gasteiger partial charge >= 0.3 is 0 Å². The van der Waals surface area contributed by atoms with Crippen LogP contribution in [0.5, 0.6) is 0 Å². The third-order valence-electron chi connectivity index (χ3n) is 5.69. The molecule has 0 unspecified atom stereocenters. The van der Waals surface area contributed by atoms with Crippen molar-refractivity contribution in [1.82, 2.24) is 0 Å². The van der Waals surface area contributed by atoms with E-state index in [4.69, 9.17) is 5.26 Å². The van der Waals surface area contributed by atoms with Crippen molar-refractivity contribution < 1.29 is 0 Å². The number of hydrogen-bond acceptors (Lipinski definition) is 1. The van der Waals surface area contributed by atoms with Crippen LogP contribution in [-0.4, -0.2) is 15.2 Å². The molecule has 0 saturated carbocycles. The maximum Gasteiger partial charge on any atom is 0.112 e. The maximum atomic E-state index is 9.12. The minimum atomic E-state index is -1.94.